The molecule has 6 heteroatoms. The second-order valence-corrected chi connectivity index (χ2v) is 4.00. The SMILES string of the molecule is COc1cc(OC)cc([C@H](CC(=O)O)NC(C)=O)c1. The molecule has 19 heavy (non-hydrogen) atoms. The minimum atomic E-state index is -1.000. The smallest absolute Gasteiger partial charge is 0.305 e. The molecule has 0 saturated heterocycles. The first-order valence-corrected chi connectivity index (χ1v) is 5.68. The molecule has 2 N–H and O–H groups in total. The zero-order valence-electron chi connectivity index (χ0n) is 11.1. The summed E-state index contributed by atoms with van der Waals surface area (Å²) in [6.45, 7) is 1.34. The fourth-order valence-corrected chi connectivity index (χ4v) is 1.70. The second-order valence-electron chi connectivity index (χ2n) is 4.00. The van der Waals surface area contributed by atoms with Crippen molar-refractivity contribution in [3.63, 3.8) is 0 Å². The molecule has 1 rings (SSSR count). The van der Waals surface area contributed by atoms with Gasteiger partial charge in [0.25, 0.3) is 0 Å². The Labute approximate surface area is 111 Å². The van der Waals surface area contributed by atoms with Crippen molar-refractivity contribution in [1.29, 1.82) is 0 Å². The second kappa shape index (κ2) is 6.63. The molecule has 104 valence electrons. The average Bonchev–Trinajstić information content (AvgIpc) is 2.36. The van der Waals surface area contributed by atoms with E-state index in [0.717, 1.165) is 0 Å². The first kappa shape index (κ1) is 14.8. The van der Waals surface area contributed by atoms with Crippen LogP contribution in [-0.2, 0) is 9.59 Å². The predicted octanol–water partition coefficient (Wildman–Crippen LogP) is 1.36. The Morgan fingerprint density at radius 1 is 1.21 bits per heavy atom. The molecule has 0 unspecified atom stereocenters. The molecule has 0 heterocycles. The number of amides is 1. The van der Waals surface area contributed by atoms with Gasteiger partial charge in [-0.1, -0.05) is 0 Å². The number of carboxylic acid groups (broad SMARTS) is 1. The van der Waals surface area contributed by atoms with E-state index in [2.05, 4.69) is 5.32 Å². The van der Waals surface area contributed by atoms with Crippen molar-refractivity contribution >= 4 is 11.9 Å². The van der Waals surface area contributed by atoms with Crippen molar-refractivity contribution in [3.8, 4) is 11.5 Å². The van der Waals surface area contributed by atoms with E-state index in [9.17, 15) is 9.59 Å². The molecular weight excluding hydrogens is 250 g/mol. The third-order valence-corrected chi connectivity index (χ3v) is 2.53. The lowest BCUT2D eigenvalue weighted by molar-refractivity contribution is -0.137. The van der Waals surface area contributed by atoms with Crippen molar-refractivity contribution in [1.82, 2.24) is 5.32 Å². The Morgan fingerprint density at radius 2 is 1.74 bits per heavy atom. The van der Waals surface area contributed by atoms with Crippen molar-refractivity contribution in [2.75, 3.05) is 14.2 Å². The fourth-order valence-electron chi connectivity index (χ4n) is 1.70. The zero-order chi connectivity index (χ0) is 14.4. The van der Waals surface area contributed by atoms with E-state index in [0.29, 0.717) is 17.1 Å². The van der Waals surface area contributed by atoms with E-state index in [-0.39, 0.29) is 12.3 Å². The van der Waals surface area contributed by atoms with Gasteiger partial charge in [-0.2, -0.15) is 0 Å². The summed E-state index contributed by atoms with van der Waals surface area (Å²) in [6.07, 6.45) is -0.212. The van der Waals surface area contributed by atoms with Crippen LogP contribution in [0.15, 0.2) is 18.2 Å². The Kier molecular flexibility index (Phi) is 5.17. The number of hydrogen-bond donors (Lipinski definition) is 2. The molecule has 1 aromatic rings. The van der Waals surface area contributed by atoms with Crippen molar-refractivity contribution in [3.05, 3.63) is 23.8 Å². The van der Waals surface area contributed by atoms with E-state index in [1.165, 1.54) is 21.1 Å². The molecule has 0 aliphatic carbocycles. The van der Waals surface area contributed by atoms with Crippen LogP contribution >= 0.6 is 0 Å². The van der Waals surface area contributed by atoms with Crippen molar-refractivity contribution < 1.29 is 24.2 Å². The Balaban J connectivity index is 3.12. The minimum Gasteiger partial charge on any atom is -0.497 e. The van der Waals surface area contributed by atoms with Gasteiger partial charge in [0.15, 0.2) is 0 Å². The van der Waals surface area contributed by atoms with Crippen LogP contribution in [0.2, 0.25) is 0 Å². The van der Waals surface area contributed by atoms with Gasteiger partial charge in [0, 0.05) is 13.0 Å². The van der Waals surface area contributed by atoms with Crippen LogP contribution in [0.25, 0.3) is 0 Å². The molecule has 0 saturated carbocycles. The predicted molar refractivity (Wildman–Crippen MR) is 68.4 cm³/mol. The van der Waals surface area contributed by atoms with Gasteiger partial charge in [0.05, 0.1) is 26.7 Å². The van der Waals surface area contributed by atoms with Crippen LogP contribution in [0.1, 0.15) is 24.9 Å². The maximum absolute atomic E-state index is 11.2. The lowest BCUT2D eigenvalue weighted by atomic mass is 10.0. The number of carboxylic acids is 1. The summed E-state index contributed by atoms with van der Waals surface area (Å²) < 4.78 is 10.2. The molecule has 0 aromatic heterocycles. The van der Waals surface area contributed by atoms with Gasteiger partial charge in [0.2, 0.25) is 5.91 Å². The van der Waals surface area contributed by atoms with Crippen LogP contribution < -0.4 is 14.8 Å². The van der Waals surface area contributed by atoms with Crippen LogP contribution in [0.5, 0.6) is 11.5 Å². The average molecular weight is 267 g/mol. The summed E-state index contributed by atoms with van der Waals surface area (Å²) in [6, 6.07) is 4.40. The summed E-state index contributed by atoms with van der Waals surface area (Å²) >= 11 is 0. The number of aliphatic carboxylic acids is 1. The Morgan fingerprint density at radius 3 is 2.11 bits per heavy atom. The number of benzene rings is 1. The largest absolute Gasteiger partial charge is 0.497 e. The molecule has 1 atom stereocenters. The van der Waals surface area contributed by atoms with Crippen LogP contribution in [0.4, 0.5) is 0 Å². The van der Waals surface area contributed by atoms with E-state index in [1.54, 1.807) is 18.2 Å². The Bertz CT molecular complexity index is 434. The summed E-state index contributed by atoms with van der Waals surface area (Å²) in [7, 11) is 3.01. The fraction of sp³-hybridized carbons (Fsp3) is 0.385. The molecule has 0 fully saturated rings. The van der Waals surface area contributed by atoms with E-state index in [1.807, 2.05) is 0 Å². The lowest BCUT2D eigenvalue weighted by Gasteiger charge is -2.18. The van der Waals surface area contributed by atoms with Gasteiger partial charge in [0.1, 0.15) is 11.5 Å². The normalized spacial score (nSPS) is 11.5. The quantitative estimate of drug-likeness (QED) is 0.812. The monoisotopic (exact) mass is 267 g/mol. The van der Waals surface area contributed by atoms with Crippen molar-refractivity contribution in [2.45, 2.75) is 19.4 Å². The summed E-state index contributed by atoms with van der Waals surface area (Å²) in [5.74, 6) is -0.223. The standard InChI is InChI=1S/C13H17NO5/c1-8(15)14-12(7-13(16)17)9-4-10(18-2)6-11(5-9)19-3/h4-6,12H,7H2,1-3H3,(H,14,15)(H,16,17)/t12-/m0/s1. The lowest BCUT2D eigenvalue weighted by Crippen LogP contribution is -2.28. The third kappa shape index (κ3) is 4.50. The minimum absolute atomic E-state index is 0.212. The maximum atomic E-state index is 11.2. The highest BCUT2D eigenvalue weighted by molar-refractivity contribution is 5.75. The van der Waals surface area contributed by atoms with E-state index >= 15 is 0 Å². The van der Waals surface area contributed by atoms with Crippen molar-refractivity contribution in [2.24, 2.45) is 0 Å². The van der Waals surface area contributed by atoms with Gasteiger partial charge in [-0.05, 0) is 17.7 Å². The summed E-state index contributed by atoms with van der Waals surface area (Å²) in [4.78, 5) is 22.0. The molecule has 0 aliphatic heterocycles. The molecule has 0 aliphatic rings. The highest BCUT2D eigenvalue weighted by Crippen LogP contribution is 2.27. The van der Waals surface area contributed by atoms with Crippen LogP contribution in [-0.4, -0.2) is 31.2 Å². The molecule has 0 spiro atoms. The van der Waals surface area contributed by atoms with E-state index in [4.69, 9.17) is 14.6 Å². The van der Waals surface area contributed by atoms with Crippen LogP contribution in [0.3, 0.4) is 0 Å². The van der Waals surface area contributed by atoms with Gasteiger partial charge in [-0.25, -0.2) is 0 Å². The van der Waals surface area contributed by atoms with Gasteiger partial charge >= 0.3 is 5.97 Å². The maximum Gasteiger partial charge on any atom is 0.305 e. The number of carbonyl (C=O) groups is 2. The molecule has 1 amide bonds. The molecule has 1 aromatic carbocycles. The molecule has 0 radical (unpaired) electrons. The van der Waals surface area contributed by atoms with Gasteiger partial charge < -0.3 is 19.9 Å². The van der Waals surface area contributed by atoms with Crippen LogP contribution in [0, 0.1) is 0 Å². The molecule has 0 bridgehead atoms. The summed E-state index contributed by atoms with van der Waals surface area (Å²) in [5, 5.41) is 11.5. The highest BCUT2D eigenvalue weighted by Gasteiger charge is 2.18. The number of ether oxygens (including phenoxy) is 2. The van der Waals surface area contributed by atoms with Gasteiger partial charge in [-0.3, -0.25) is 9.59 Å². The Hall–Kier alpha value is -2.24. The first-order chi connectivity index (χ1) is 8.96. The summed E-state index contributed by atoms with van der Waals surface area (Å²) in [5.41, 5.74) is 0.619. The number of methoxy groups -OCH3 is 2. The zero-order valence-corrected chi connectivity index (χ0v) is 11.1. The van der Waals surface area contributed by atoms with Gasteiger partial charge in [-0.15, -0.1) is 0 Å². The number of nitrogens with one attached hydrogen (secondary N) is 1. The van der Waals surface area contributed by atoms with E-state index < -0.39 is 12.0 Å². The number of rotatable bonds is 6. The number of hydrogen-bond acceptors (Lipinski definition) is 4. The highest BCUT2D eigenvalue weighted by atomic mass is 16.5. The topological polar surface area (TPSA) is 84.9 Å². The molecular formula is C13H17NO5. The third-order valence-electron chi connectivity index (χ3n) is 2.53. The first-order valence-electron chi connectivity index (χ1n) is 5.68. The molecule has 6 nitrogen and oxygen atoms in total. The number of carbonyl (C=O) groups excluding carboxylic acids is 1.